The number of hydrogen-bond donors (Lipinski definition) is 1. The lowest BCUT2D eigenvalue weighted by Gasteiger charge is -2.30. The summed E-state index contributed by atoms with van der Waals surface area (Å²) in [4.78, 5) is 65.6. The number of imide groups is 1. The Morgan fingerprint density at radius 2 is 1.52 bits per heavy atom. The average molecular weight is 642 g/mol. The molecule has 2 aliphatic heterocycles. The number of nitrogens with one attached hydrogen (secondary N) is 1. The first kappa shape index (κ1) is 28.2. The van der Waals surface area contributed by atoms with Crippen molar-refractivity contribution < 1.29 is 19.3 Å². The molecule has 0 bridgehead atoms. The Hall–Kier alpha value is -3.97. The number of rotatable bonds is 6. The number of carbonyl (C=O) groups is 3. The van der Waals surface area contributed by atoms with E-state index in [1.165, 1.54) is 28.8 Å². The van der Waals surface area contributed by atoms with Crippen LogP contribution in [-0.4, -0.2) is 32.5 Å². The van der Waals surface area contributed by atoms with Gasteiger partial charge in [0.25, 0.3) is 5.69 Å². The van der Waals surface area contributed by atoms with Gasteiger partial charge in [0.2, 0.25) is 17.7 Å². The van der Waals surface area contributed by atoms with Crippen LogP contribution in [-0.2, 0) is 20.9 Å². The van der Waals surface area contributed by atoms with Crippen molar-refractivity contribution in [2.75, 3.05) is 10.2 Å². The molecule has 10 nitrogen and oxygen atoms in total. The van der Waals surface area contributed by atoms with E-state index in [1.54, 1.807) is 48.5 Å². The predicted molar refractivity (Wildman–Crippen MR) is 161 cm³/mol. The van der Waals surface area contributed by atoms with Gasteiger partial charge in [-0.1, -0.05) is 58.4 Å². The summed E-state index contributed by atoms with van der Waals surface area (Å²) in [6.45, 7) is -0.306. The van der Waals surface area contributed by atoms with Gasteiger partial charge in [0, 0.05) is 38.7 Å². The molecule has 14 heteroatoms. The number of halogens is 2. The van der Waals surface area contributed by atoms with E-state index in [4.69, 9.17) is 23.2 Å². The van der Waals surface area contributed by atoms with Crippen molar-refractivity contribution in [3.05, 3.63) is 113 Å². The molecule has 3 heterocycles. The smallest absolute Gasteiger partial charge is 0.308 e. The molecule has 1 N–H and O–H groups in total. The molecule has 0 spiro atoms. The van der Waals surface area contributed by atoms with Crippen molar-refractivity contribution in [3.63, 3.8) is 0 Å². The maximum atomic E-state index is 13.9. The van der Waals surface area contributed by atoms with Gasteiger partial charge >= 0.3 is 4.87 Å². The maximum absolute atomic E-state index is 13.9. The number of nitro groups is 1. The summed E-state index contributed by atoms with van der Waals surface area (Å²) in [6, 6.07) is 18.5. The normalized spacial score (nSPS) is 19.4. The van der Waals surface area contributed by atoms with Gasteiger partial charge in [-0.15, -0.1) is 0 Å². The van der Waals surface area contributed by atoms with Crippen LogP contribution in [0, 0.1) is 16.0 Å². The van der Waals surface area contributed by atoms with Crippen LogP contribution in [0.25, 0.3) is 0 Å². The fourth-order valence-electron chi connectivity index (χ4n) is 5.14. The van der Waals surface area contributed by atoms with E-state index in [1.807, 2.05) is 0 Å². The molecule has 4 aromatic rings. The van der Waals surface area contributed by atoms with Gasteiger partial charge in [-0.25, -0.2) is 4.90 Å². The first-order valence-corrected chi connectivity index (χ1v) is 14.9. The number of nitrogens with zero attached hydrogens (tertiary/aromatic N) is 3. The minimum Gasteiger partial charge on any atom is -0.325 e. The lowest BCUT2D eigenvalue weighted by molar-refractivity contribution is -0.384. The number of non-ortho nitro benzene ring substituents is 1. The summed E-state index contributed by atoms with van der Waals surface area (Å²) in [6.07, 6.45) is 0. The number of anilines is 2. The summed E-state index contributed by atoms with van der Waals surface area (Å²) in [7, 11) is 0. The molecule has 3 amide bonds. The van der Waals surface area contributed by atoms with Crippen LogP contribution in [0.2, 0.25) is 10.0 Å². The Kier molecular flexibility index (Phi) is 7.39. The van der Waals surface area contributed by atoms with Crippen LogP contribution in [0.15, 0.2) is 82.6 Å². The number of hydrogen-bond acceptors (Lipinski definition) is 8. The zero-order valence-corrected chi connectivity index (χ0v) is 24.4. The van der Waals surface area contributed by atoms with Crippen molar-refractivity contribution in [2.24, 2.45) is 5.92 Å². The number of nitro benzene ring substituents is 1. The molecular weight excluding hydrogens is 623 g/mol. The number of thioether (sulfide) groups is 1. The minimum absolute atomic E-state index is 0.174. The second-order valence-electron chi connectivity index (χ2n) is 9.56. The summed E-state index contributed by atoms with van der Waals surface area (Å²) in [5.74, 6) is -2.97. The Balaban J connectivity index is 1.39. The highest BCUT2D eigenvalue weighted by Crippen LogP contribution is 2.54. The molecule has 3 atom stereocenters. The topological polar surface area (TPSA) is 132 Å². The SMILES string of the molecule is O=C(Cn1c2c(sc1=O)[C@@H](c1ccc(Cl)cc1)C1C(=O)N(c3ccc([N+](=O)[O-])cc3)C(=O)C1S2)Nc1ccc(Cl)cc1. The Bertz CT molecular complexity index is 1810. The van der Waals surface area contributed by atoms with Gasteiger partial charge in [-0.05, 0) is 54.1 Å². The highest BCUT2D eigenvalue weighted by molar-refractivity contribution is 8.00. The van der Waals surface area contributed by atoms with Crippen LogP contribution in [0.1, 0.15) is 16.4 Å². The molecular formula is C28H18Cl2N4O6S2. The molecule has 0 saturated carbocycles. The van der Waals surface area contributed by atoms with Crippen LogP contribution in [0.4, 0.5) is 17.1 Å². The number of aromatic nitrogens is 1. The molecule has 42 heavy (non-hydrogen) atoms. The van der Waals surface area contributed by atoms with E-state index in [0.717, 1.165) is 28.0 Å². The van der Waals surface area contributed by atoms with Crippen molar-refractivity contribution in [1.82, 2.24) is 4.57 Å². The Morgan fingerprint density at radius 1 is 0.905 bits per heavy atom. The quantitative estimate of drug-likeness (QED) is 0.166. The first-order chi connectivity index (χ1) is 20.1. The summed E-state index contributed by atoms with van der Waals surface area (Å²) in [5.41, 5.74) is 1.22. The molecule has 1 saturated heterocycles. The second kappa shape index (κ2) is 11.0. The van der Waals surface area contributed by atoms with Crippen LogP contribution < -0.4 is 15.1 Å². The molecule has 3 aromatic carbocycles. The van der Waals surface area contributed by atoms with E-state index in [-0.39, 0.29) is 17.9 Å². The van der Waals surface area contributed by atoms with Crippen LogP contribution >= 0.6 is 46.3 Å². The standard InChI is InChI=1S/C28H18Cl2N4O6S2/c29-15-3-1-14(2-4-15)21-22-23(26(37)33(25(22)36)18-9-11-19(12-10-18)34(39)40)41-27-24(21)42-28(38)32(27)13-20(35)31-17-7-5-16(30)6-8-17/h1-12,21-23H,13H2,(H,31,35)/t21-,22?,23?/m0/s1. The number of carbonyl (C=O) groups excluding carboxylic acids is 3. The largest absolute Gasteiger partial charge is 0.325 e. The van der Waals surface area contributed by atoms with E-state index < -0.39 is 44.6 Å². The Labute approximate surface area is 256 Å². The minimum atomic E-state index is -0.902. The van der Waals surface area contributed by atoms with Crippen molar-refractivity contribution in [2.45, 2.75) is 22.7 Å². The Morgan fingerprint density at radius 3 is 2.14 bits per heavy atom. The zero-order chi connectivity index (χ0) is 29.7. The van der Waals surface area contributed by atoms with Gasteiger partial charge in [0.15, 0.2) is 0 Å². The summed E-state index contributed by atoms with van der Waals surface area (Å²) in [5, 5.41) is 14.4. The molecule has 1 aromatic heterocycles. The van der Waals surface area contributed by atoms with Crippen LogP contribution in [0.5, 0.6) is 0 Å². The van der Waals surface area contributed by atoms with Crippen molar-refractivity contribution >= 4 is 81.1 Å². The van der Waals surface area contributed by atoms with Gasteiger partial charge in [-0.3, -0.25) is 33.9 Å². The van der Waals surface area contributed by atoms with Gasteiger partial charge in [0.1, 0.15) is 11.8 Å². The molecule has 0 radical (unpaired) electrons. The van der Waals surface area contributed by atoms with Crippen LogP contribution in [0.3, 0.4) is 0 Å². The molecule has 0 aliphatic carbocycles. The number of thiazole rings is 1. The molecule has 2 unspecified atom stereocenters. The second-order valence-corrected chi connectivity index (χ2v) is 12.6. The fourth-order valence-corrected chi connectivity index (χ4v) is 8.16. The number of benzene rings is 3. The number of fused-ring (bicyclic) bond motifs is 2. The van der Waals surface area contributed by atoms with Crippen molar-refractivity contribution in [1.29, 1.82) is 0 Å². The third-order valence-corrected chi connectivity index (χ3v) is 10.1. The predicted octanol–water partition coefficient (Wildman–Crippen LogP) is 5.56. The van der Waals surface area contributed by atoms with Gasteiger partial charge in [-0.2, -0.15) is 0 Å². The highest BCUT2D eigenvalue weighted by Gasteiger charge is 2.56. The molecule has 212 valence electrons. The summed E-state index contributed by atoms with van der Waals surface area (Å²) >= 11 is 14.1. The van der Waals surface area contributed by atoms with E-state index >= 15 is 0 Å². The van der Waals surface area contributed by atoms with E-state index in [9.17, 15) is 29.3 Å². The molecule has 1 fully saturated rings. The summed E-state index contributed by atoms with van der Waals surface area (Å²) < 4.78 is 1.32. The first-order valence-electron chi connectivity index (χ1n) is 12.5. The third-order valence-electron chi connectivity index (χ3n) is 7.03. The van der Waals surface area contributed by atoms with Gasteiger partial charge in [0.05, 0.1) is 21.6 Å². The van der Waals surface area contributed by atoms with Crippen molar-refractivity contribution in [3.8, 4) is 0 Å². The zero-order valence-electron chi connectivity index (χ0n) is 21.2. The highest BCUT2D eigenvalue weighted by atomic mass is 35.5. The average Bonchev–Trinajstić information content (AvgIpc) is 3.41. The molecule has 6 rings (SSSR count). The van der Waals surface area contributed by atoms with Gasteiger partial charge < -0.3 is 5.32 Å². The third kappa shape index (κ3) is 5.00. The lowest BCUT2D eigenvalue weighted by Crippen LogP contribution is -2.33. The lowest BCUT2D eigenvalue weighted by atomic mass is 9.83. The monoisotopic (exact) mass is 640 g/mol. The number of amides is 3. The van der Waals surface area contributed by atoms with E-state index in [0.29, 0.717) is 31.2 Å². The maximum Gasteiger partial charge on any atom is 0.308 e. The van der Waals surface area contributed by atoms with E-state index in [2.05, 4.69) is 5.32 Å². The fraction of sp³-hybridized carbons (Fsp3) is 0.143. The molecule has 2 aliphatic rings.